The van der Waals surface area contributed by atoms with Crippen molar-refractivity contribution in [1.82, 2.24) is 5.32 Å². The first-order valence-electron chi connectivity index (χ1n) is 5.68. The molecule has 0 radical (unpaired) electrons. The van der Waals surface area contributed by atoms with Crippen molar-refractivity contribution in [2.75, 3.05) is 11.9 Å². The van der Waals surface area contributed by atoms with Gasteiger partial charge in [-0.1, -0.05) is 0 Å². The van der Waals surface area contributed by atoms with Crippen LogP contribution in [0.4, 0.5) is 18.9 Å². The zero-order valence-corrected chi connectivity index (χ0v) is 11.0. The molecule has 1 saturated heterocycles. The standard InChI is InChI=1S/C12H13F3N2O.ClH/c1-6-7(4-5-16-6)12(18)17-9-3-2-8(13)10(14)11(9)15;/h2-3,6-7,16H,4-5H2,1H3,(H,17,18);1H/t6-,7-;/m0./s1. The second-order valence-corrected chi connectivity index (χ2v) is 4.35. The third-order valence-electron chi connectivity index (χ3n) is 3.16. The molecule has 0 bridgehead atoms. The molecule has 7 heteroatoms. The monoisotopic (exact) mass is 294 g/mol. The number of nitrogens with one attached hydrogen (secondary N) is 2. The van der Waals surface area contributed by atoms with E-state index < -0.39 is 23.4 Å². The molecule has 3 nitrogen and oxygen atoms in total. The van der Waals surface area contributed by atoms with Crippen LogP contribution in [0.25, 0.3) is 0 Å². The van der Waals surface area contributed by atoms with Crippen molar-refractivity contribution in [3.05, 3.63) is 29.6 Å². The van der Waals surface area contributed by atoms with Crippen molar-refractivity contribution < 1.29 is 18.0 Å². The van der Waals surface area contributed by atoms with E-state index in [0.717, 1.165) is 12.1 Å². The minimum atomic E-state index is -1.58. The number of hydrogen-bond donors (Lipinski definition) is 2. The Morgan fingerprint density at radius 1 is 1.32 bits per heavy atom. The Labute approximate surface area is 115 Å². The predicted molar refractivity (Wildman–Crippen MR) is 67.8 cm³/mol. The first-order valence-corrected chi connectivity index (χ1v) is 5.68. The van der Waals surface area contributed by atoms with Crippen LogP contribution in [0.5, 0.6) is 0 Å². The number of rotatable bonds is 2. The van der Waals surface area contributed by atoms with Gasteiger partial charge in [0.1, 0.15) is 0 Å². The van der Waals surface area contributed by atoms with E-state index in [-0.39, 0.29) is 30.1 Å². The fourth-order valence-electron chi connectivity index (χ4n) is 2.06. The number of halogens is 4. The highest BCUT2D eigenvalue weighted by atomic mass is 35.5. The highest BCUT2D eigenvalue weighted by molar-refractivity contribution is 5.93. The van der Waals surface area contributed by atoms with Gasteiger partial charge in [-0.2, -0.15) is 0 Å². The average molecular weight is 295 g/mol. The van der Waals surface area contributed by atoms with E-state index in [1.165, 1.54) is 0 Å². The first kappa shape index (κ1) is 15.8. The summed E-state index contributed by atoms with van der Waals surface area (Å²) < 4.78 is 39.1. The fourth-order valence-corrected chi connectivity index (χ4v) is 2.06. The Bertz CT molecular complexity index is 484. The summed E-state index contributed by atoms with van der Waals surface area (Å²) in [5, 5.41) is 5.37. The molecule has 1 amide bonds. The lowest BCUT2D eigenvalue weighted by Crippen LogP contribution is -2.32. The summed E-state index contributed by atoms with van der Waals surface area (Å²) >= 11 is 0. The summed E-state index contributed by atoms with van der Waals surface area (Å²) in [5.41, 5.74) is -0.335. The van der Waals surface area contributed by atoms with Gasteiger partial charge in [0.25, 0.3) is 0 Å². The maximum Gasteiger partial charge on any atom is 0.229 e. The normalized spacial score (nSPS) is 21.9. The summed E-state index contributed by atoms with van der Waals surface area (Å²) in [4.78, 5) is 11.8. The van der Waals surface area contributed by atoms with E-state index in [4.69, 9.17) is 0 Å². The zero-order chi connectivity index (χ0) is 13.3. The third-order valence-corrected chi connectivity index (χ3v) is 3.16. The zero-order valence-electron chi connectivity index (χ0n) is 10.2. The lowest BCUT2D eigenvalue weighted by Gasteiger charge is -2.15. The Balaban J connectivity index is 0.00000180. The van der Waals surface area contributed by atoms with Gasteiger partial charge in [-0.15, -0.1) is 12.4 Å². The maximum atomic E-state index is 13.4. The second-order valence-electron chi connectivity index (χ2n) is 4.35. The van der Waals surface area contributed by atoms with Gasteiger partial charge < -0.3 is 10.6 Å². The molecular formula is C12H14ClF3N2O. The van der Waals surface area contributed by atoms with Crippen LogP contribution in [-0.2, 0) is 4.79 Å². The Hall–Kier alpha value is -1.27. The molecule has 2 rings (SSSR count). The summed E-state index contributed by atoms with van der Waals surface area (Å²) in [5.74, 6) is -4.91. The van der Waals surface area contributed by atoms with Crippen LogP contribution in [0.3, 0.4) is 0 Å². The number of anilines is 1. The van der Waals surface area contributed by atoms with Crippen LogP contribution in [-0.4, -0.2) is 18.5 Å². The number of hydrogen-bond acceptors (Lipinski definition) is 2. The van der Waals surface area contributed by atoms with Crippen molar-refractivity contribution in [2.24, 2.45) is 5.92 Å². The van der Waals surface area contributed by atoms with Crippen LogP contribution in [0.1, 0.15) is 13.3 Å². The van der Waals surface area contributed by atoms with Crippen molar-refractivity contribution in [2.45, 2.75) is 19.4 Å². The molecule has 19 heavy (non-hydrogen) atoms. The highest BCUT2D eigenvalue weighted by Crippen LogP contribution is 2.22. The number of carbonyl (C=O) groups is 1. The van der Waals surface area contributed by atoms with Gasteiger partial charge in [0.15, 0.2) is 17.5 Å². The lowest BCUT2D eigenvalue weighted by atomic mass is 10.0. The lowest BCUT2D eigenvalue weighted by molar-refractivity contribution is -0.120. The molecule has 1 aliphatic rings. The molecule has 0 aromatic heterocycles. The smallest absolute Gasteiger partial charge is 0.229 e. The molecule has 106 valence electrons. The Morgan fingerprint density at radius 3 is 2.58 bits per heavy atom. The second kappa shape index (κ2) is 6.25. The van der Waals surface area contributed by atoms with Gasteiger partial charge in [-0.25, -0.2) is 13.2 Å². The topological polar surface area (TPSA) is 41.1 Å². The maximum absolute atomic E-state index is 13.4. The van der Waals surface area contributed by atoms with E-state index in [1.54, 1.807) is 0 Å². The molecule has 0 aliphatic carbocycles. The quantitative estimate of drug-likeness (QED) is 0.823. The predicted octanol–water partition coefficient (Wildman–Crippen LogP) is 2.46. The summed E-state index contributed by atoms with van der Waals surface area (Å²) in [6, 6.07) is 1.78. The summed E-state index contributed by atoms with van der Waals surface area (Å²) in [6.45, 7) is 2.55. The molecule has 2 N–H and O–H groups in total. The molecule has 1 aromatic carbocycles. The number of carbonyl (C=O) groups excluding carboxylic acids is 1. The molecule has 0 saturated carbocycles. The number of benzene rings is 1. The molecule has 0 spiro atoms. The van der Waals surface area contributed by atoms with Crippen LogP contribution < -0.4 is 10.6 Å². The average Bonchev–Trinajstić information content (AvgIpc) is 2.76. The van der Waals surface area contributed by atoms with Gasteiger partial charge >= 0.3 is 0 Å². The molecule has 1 aliphatic heterocycles. The number of amides is 1. The van der Waals surface area contributed by atoms with Crippen molar-refractivity contribution >= 4 is 24.0 Å². The molecule has 2 atom stereocenters. The van der Waals surface area contributed by atoms with Crippen molar-refractivity contribution in [3.63, 3.8) is 0 Å². The minimum absolute atomic E-state index is 0. The molecule has 0 unspecified atom stereocenters. The van der Waals surface area contributed by atoms with Gasteiger partial charge in [0.05, 0.1) is 11.6 Å². The van der Waals surface area contributed by atoms with Gasteiger partial charge in [0, 0.05) is 6.04 Å². The first-order chi connectivity index (χ1) is 8.50. The van der Waals surface area contributed by atoms with Gasteiger partial charge in [-0.3, -0.25) is 4.79 Å². The molecule has 1 heterocycles. The van der Waals surface area contributed by atoms with Gasteiger partial charge in [-0.05, 0) is 32.0 Å². The van der Waals surface area contributed by atoms with Crippen molar-refractivity contribution in [1.29, 1.82) is 0 Å². The molecular weight excluding hydrogens is 281 g/mol. The molecule has 1 fully saturated rings. The fraction of sp³-hybridized carbons (Fsp3) is 0.417. The largest absolute Gasteiger partial charge is 0.323 e. The van der Waals surface area contributed by atoms with E-state index in [0.29, 0.717) is 13.0 Å². The van der Waals surface area contributed by atoms with Gasteiger partial charge in [0.2, 0.25) is 5.91 Å². The minimum Gasteiger partial charge on any atom is -0.323 e. The van der Waals surface area contributed by atoms with Crippen LogP contribution in [0.2, 0.25) is 0 Å². The Kier molecular flexibility index (Phi) is 5.20. The SMILES string of the molecule is C[C@@H]1NCC[C@@H]1C(=O)Nc1ccc(F)c(F)c1F.Cl. The van der Waals surface area contributed by atoms with E-state index in [9.17, 15) is 18.0 Å². The Morgan fingerprint density at radius 2 is 2.00 bits per heavy atom. The van der Waals surface area contributed by atoms with Crippen LogP contribution >= 0.6 is 12.4 Å². The summed E-state index contributed by atoms with van der Waals surface area (Å²) in [6.07, 6.45) is 0.637. The van der Waals surface area contributed by atoms with Crippen LogP contribution in [0, 0.1) is 23.4 Å². The molecule has 1 aromatic rings. The third kappa shape index (κ3) is 3.19. The summed E-state index contributed by atoms with van der Waals surface area (Å²) in [7, 11) is 0. The van der Waals surface area contributed by atoms with E-state index in [1.807, 2.05) is 6.92 Å². The van der Waals surface area contributed by atoms with Crippen molar-refractivity contribution in [3.8, 4) is 0 Å². The van der Waals surface area contributed by atoms with Crippen LogP contribution in [0.15, 0.2) is 12.1 Å². The highest BCUT2D eigenvalue weighted by Gasteiger charge is 2.30. The van der Waals surface area contributed by atoms with E-state index in [2.05, 4.69) is 10.6 Å². The van der Waals surface area contributed by atoms with E-state index >= 15 is 0 Å².